The molecule has 1 atom stereocenters. The summed E-state index contributed by atoms with van der Waals surface area (Å²) in [5.41, 5.74) is 2.01. The summed E-state index contributed by atoms with van der Waals surface area (Å²) in [7, 11) is 0. The molecule has 110 valence electrons. The Bertz CT molecular complexity index is 441. The zero-order chi connectivity index (χ0) is 14.4. The van der Waals surface area contributed by atoms with E-state index in [-0.39, 0.29) is 5.91 Å². The highest BCUT2D eigenvalue weighted by molar-refractivity contribution is 5.92. The fraction of sp³-hybridized carbons (Fsp3) is 0.562. The SMILES string of the molecule is CCN(CC(=O)Nc1ccccc1C)CC1CCCN1. The number of hydrogen-bond acceptors (Lipinski definition) is 3. The third-order valence-electron chi connectivity index (χ3n) is 3.87. The van der Waals surface area contributed by atoms with Crippen LogP contribution in [0.5, 0.6) is 0 Å². The van der Waals surface area contributed by atoms with Gasteiger partial charge in [0.2, 0.25) is 5.91 Å². The van der Waals surface area contributed by atoms with Crippen molar-refractivity contribution in [3.63, 3.8) is 0 Å². The van der Waals surface area contributed by atoms with Crippen LogP contribution in [0.2, 0.25) is 0 Å². The molecule has 1 aliphatic rings. The van der Waals surface area contributed by atoms with Gasteiger partial charge in [-0.1, -0.05) is 25.1 Å². The zero-order valence-electron chi connectivity index (χ0n) is 12.5. The Labute approximate surface area is 121 Å². The number of nitrogens with zero attached hydrogens (tertiary/aromatic N) is 1. The maximum absolute atomic E-state index is 12.1. The van der Waals surface area contributed by atoms with E-state index in [1.165, 1.54) is 12.8 Å². The van der Waals surface area contributed by atoms with Crippen LogP contribution in [0.3, 0.4) is 0 Å². The van der Waals surface area contributed by atoms with Crippen molar-refractivity contribution in [2.24, 2.45) is 0 Å². The van der Waals surface area contributed by atoms with E-state index in [1.54, 1.807) is 0 Å². The lowest BCUT2D eigenvalue weighted by Gasteiger charge is -2.23. The quantitative estimate of drug-likeness (QED) is 0.834. The first-order valence-corrected chi connectivity index (χ1v) is 7.50. The van der Waals surface area contributed by atoms with Crippen molar-refractivity contribution in [3.8, 4) is 0 Å². The third-order valence-corrected chi connectivity index (χ3v) is 3.87. The number of anilines is 1. The van der Waals surface area contributed by atoms with Crippen LogP contribution in [0.4, 0.5) is 5.69 Å². The second-order valence-electron chi connectivity index (χ2n) is 5.48. The molecule has 2 rings (SSSR count). The van der Waals surface area contributed by atoms with E-state index in [2.05, 4.69) is 22.5 Å². The van der Waals surface area contributed by atoms with Crippen molar-refractivity contribution in [2.75, 3.05) is 31.5 Å². The number of carbonyl (C=O) groups is 1. The van der Waals surface area contributed by atoms with Gasteiger partial charge in [0.1, 0.15) is 0 Å². The fourth-order valence-corrected chi connectivity index (χ4v) is 2.64. The Morgan fingerprint density at radius 3 is 2.90 bits per heavy atom. The number of likely N-dealkylation sites (N-methyl/N-ethyl adjacent to an activating group) is 1. The van der Waals surface area contributed by atoms with Gasteiger partial charge in [-0.2, -0.15) is 0 Å². The van der Waals surface area contributed by atoms with Crippen LogP contribution in [0, 0.1) is 6.92 Å². The van der Waals surface area contributed by atoms with E-state index >= 15 is 0 Å². The van der Waals surface area contributed by atoms with Crippen LogP contribution in [0.15, 0.2) is 24.3 Å². The highest BCUT2D eigenvalue weighted by Gasteiger charge is 2.18. The molecular formula is C16H25N3O. The largest absolute Gasteiger partial charge is 0.325 e. The predicted molar refractivity (Wildman–Crippen MR) is 82.9 cm³/mol. The molecule has 1 unspecified atom stereocenters. The van der Waals surface area contributed by atoms with Crippen LogP contribution < -0.4 is 10.6 Å². The van der Waals surface area contributed by atoms with Gasteiger partial charge in [0.25, 0.3) is 0 Å². The molecule has 20 heavy (non-hydrogen) atoms. The smallest absolute Gasteiger partial charge is 0.238 e. The van der Waals surface area contributed by atoms with Gasteiger partial charge < -0.3 is 10.6 Å². The molecule has 1 saturated heterocycles. The number of benzene rings is 1. The molecule has 0 spiro atoms. The monoisotopic (exact) mass is 275 g/mol. The molecule has 4 heteroatoms. The second kappa shape index (κ2) is 7.41. The Morgan fingerprint density at radius 2 is 2.25 bits per heavy atom. The summed E-state index contributed by atoms with van der Waals surface area (Å²) in [6.45, 7) is 7.54. The maximum Gasteiger partial charge on any atom is 0.238 e. The maximum atomic E-state index is 12.1. The van der Waals surface area contributed by atoms with Gasteiger partial charge >= 0.3 is 0 Å². The number of carbonyl (C=O) groups excluding carboxylic acids is 1. The number of aryl methyl sites for hydroxylation is 1. The minimum absolute atomic E-state index is 0.0687. The van der Waals surface area contributed by atoms with E-state index < -0.39 is 0 Å². The van der Waals surface area contributed by atoms with Crippen LogP contribution >= 0.6 is 0 Å². The Balaban J connectivity index is 1.84. The lowest BCUT2D eigenvalue weighted by atomic mass is 10.2. The first-order chi connectivity index (χ1) is 9.69. The molecule has 4 nitrogen and oxygen atoms in total. The first-order valence-electron chi connectivity index (χ1n) is 7.50. The predicted octanol–water partition coefficient (Wildman–Crippen LogP) is 2.01. The molecule has 1 aromatic rings. The normalized spacial score (nSPS) is 18.4. The lowest BCUT2D eigenvalue weighted by molar-refractivity contribution is -0.117. The zero-order valence-corrected chi connectivity index (χ0v) is 12.5. The van der Waals surface area contributed by atoms with E-state index in [0.29, 0.717) is 12.6 Å². The van der Waals surface area contributed by atoms with Crippen molar-refractivity contribution < 1.29 is 4.79 Å². The van der Waals surface area contributed by atoms with Crippen molar-refractivity contribution in [3.05, 3.63) is 29.8 Å². The Morgan fingerprint density at radius 1 is 1.45 bits per heavy atom. The summed E-state index contributed by atoms with van der Waals surface area (Å²) >= 11 is 0. The third kappa shape index (κ3) is 4.32. The summed E-state index contributed by atoms with van der Waals surface area (Å²) in [4.78, 5) is 14.3. The van der Waals surface area contributed by atoms with Gasteiger partial charge in [-0.3, -0.25) is 9.69 Å². The molecule has 1 aromatic carbocycles. The van der Waals surface area contributed by atoms with E-state index in [0.717, 1.165) is 30.9 Å². The van der Waals surface area contributed by atoms with Gasteiger partial charge in [0.15, 0.2) is 0 Å². The lowest BCUT2D eigenvalue weighted by Crippen LogP contribution is -2.41. The minimum Gasteiger partial charge on any atom is -0.325 e. The summed E-state index contributed by atoms with van der Waals surface area (Å²) < 4.78 is 0. The first kappa shape index (κ1) is 15.0. The Kier molecular flexibility index (Phi) is 5.56. The fourth-order valence-electron chi connectivity index (χ4n) is 2.64. The number of rotatable bonds is 6. The molecule has 1 heterocycles. The van der Waals surface area contributed by atoms with Crippen LogP contribution in [0.25, 0.3) is 0 Å². The highest BCUT2D eigenvalue weighted by atomic mass is 16.2. The second-order valence-corrected chi connectivity index (χ2v) is 5.48. The number of nitrogens with one attached hydrogen (secondary N) is 2. The molecule has 1 aliphatic heterocycles. The van der Waals surface area contributed by atoms with Gasteiger partial charge in [-0.05, 0) is 44.5 Å². The topological polar surface area (TPSA) is 44.4 Å². The van der Waals surface area contributed by atoms with Crippen molar-refractivity contribution in [2.45, 2.75) is 32.7 Å². The van der Waals surface area contributed by atoms with E-state index in [1.807, 2.05) is 31.2 Å². The van der Waals surface area contributed by atoms with E-state index in [9.17, 15) is 4.79 Å². The number of hydrogen-bond donors (Lipinski definition) is 2. The Hall–Kier alpha value is -1.39. The van der Waals surface area contributed by atoms with Crippen molar-refractivity contribution in [1.29, 1.82) is 0 Å². The highest BCUT2D eigenvalue weighted by Crippen LogP contribution is 2.13. The molecule has 0 aromatic heterocycles. The summed E-state index contributed by atoms with van der Waals surface area (Å²) in [5, 5.41) is 6.48. The molecule has 0 radical (unpaired) electrons. The summed E-state index contributed by atoms with van der Waals surface area (Å²) in [6.07, 6.45) is 2.47. The van der Waals surface area contributed by atoms with Gasteiger partial charge in [0.05, 0.1) is 6.54 Å². The van der Waals surface area contributed by atoms with Gasteiger partial charge in [-0.15, -0.1) is 0 Å². The molecule has 1 amide bonds. The summed E-state index contributed by atoms with van der Waals surface area (Å²) in [6, 6.07) is 8.43. The molecule has 2 N–H and O–H groups in total. The van der Waals surface area contributed by atoms with Crippen LogP contribution in [-0.4, -0.2) is 43.0 Å². The standard InChI is InChI=1S/C16H25N3O/c1-3-19(11-14-8-6-10-17-14)12-16(20)18-15-9-5-4-7-13(15)2/h4-5,7,9,14,17H,3,6,8,10-12H2,1-2H3,(H,18,20). The van der Waals surface area contributed by atoms with Crippen LogP contribution in [0.1, 0.15) is 25.3 Å². The van der Waals surface area contributed by atoms with Crippen molar-refractivity contribution >= 4 is 11.6 Å². The molecule has 0 aliphatic carbocycles. The van der Waals surface area contributed by atoms with Gasteiger partial charge in [-0.25, -0.2) is 0 Å². The molecular weight excluding hydrogens is 250 g/mol. The van der Waals surface area contributed by atoms with Crippen molar-refractivity contribution in [1.82, 2.24) is 10.2 Å². The number of para-hydroxylation sites is 1. The van der Waals surface area contributed by atoms with Gasteiger partial charge in [0, 0.05) is 18.3 Å². The summed E-state index contributed by atoms with van der Waals surface area (Å²) in [5.74, 6) is 0.0687. The van der Waals surface area contributed by atoms with E-state index in [4.69, 9.17) is 0 Å². The molecule has 0 bridgehead atoms. The average Bonchev–Trinajstić information content (AvgIpc) is 2.93. The number of amides is 1. The minimum atomic E-state index is 0.0687. The molecule has 0 saturated carbocycles. The van der Waals surface area contributed by atoms with Crippen LogP contribution in [-0.2, 0) is 4.79 Å². The molecule has 1 fully saturated rings. The average molecular weight is 275 g/mol.